The SMILES string of the molecule is O=C(Nc1ccc(-c2cccc(F)c2F)cn1)c1ccno1. The van der Waals surface area contributed by atoms with Crippen LogP contribution >= 0.6 is 0 Å². The normalized spacial score (nSPS) is 10.5. The highest BCUT2D eigenvalue weighted by Crippen LogP contribution is 2.24. The number of nitrogens with zero attached hydrogens (tertiary/aromatic N) is 2. The molecule has 2 aromatic heterocycles. The lowest BCUT2D eigenvalue weighted by atomic mass is 10.1. The van der Waals surface area contributed by atoms with Gasteiger partial charge in [0.15, 0.2) is 11.6 Å². The zero-order chi connectivity index (χ0) is 15.5. The highest BCUT2D eigenvalue weighted by molar-refractivity contribution is 6.01. The third kappa shape index (κ3) is 2.69. The molecule has 0 spiro atoms. The van der Waals surface area contributed by atoms with Gasteiger partial charge in [-0.15, -0.1) is 0 Å². The van der Waals surface area contributed by atoms with Crippen LogP contribution in [0.5, 0.6) is 0 Å². The van der Waals surface area contributed by atoms with Gasteiger partial charge in [-0.25, -0.2) is 13.8 Å². The molecule has 1 amide bonds. The highest BCUT2D eigenvalue weighted by atomic mass is 19.2. The van der Waals surface area contributed by atoms with Crippen molar-refractivity contribution in [1.29, 1.82) is 0 Å². The average molecular weight is 301 g/mol. The predicted octanol–water partition coefficient (Wildman–Crippen LogP) is 3.27. The van der Waals surface area contributed by atoms with Crippen molar-refractivity contribution in [2.45, 2.75) is 0 Å². The van der Waals surface area contributed by atoms with E-state index in [-0.39, 0.29) is 17.1 Å². The van der Waals surface area contributed by atoms with Gasteiger partial charge in [0.1, 0.15) is 5.82 Å². The lowest BCUT2D eigenvalue weighted by molar-refractivity contribution is 0.0987. The fraction of sp³-hybridized carbons (Fsp3) is 0. The molecule has 0 atom stereocenters. The molecule has 0 aliphatic carbocycles. The number of anilines is 1. The minimum atomic E-state index is -0.942. The average Bonchev–Trinajstić information content (AvgIpc) is 3.05. The van der Waals surface area contributed by atoms with E-state index < -0.39 is 17.5 Å². The van der Waals surface area contributed by atoms with E-state index in [4.69, 9.17) is 4.52 Å². The Balaban J connectivity index is 1.81. The van der Waals surface area contributed by atoms with Crippen molar-refractivity contribution in [1.82, 2.24) is 10.1 Å². The summed E-state index contributed by atoms with van der Waals surface area (Å²) in [5.41, 5.74) is 0.496. The largest absolute Gasteiger partial charge is 0.351 e. The summed E-state index contributed by atoms with van der Waals surface area (Å²) in [4.78, 5) is 15.7. The van der Waals surface area contributed by atoms with E-state index >= 15 is 0 Å². The van der Waals surface area contributed by atoms with E-state index in [9.17, 15) is 13.6 Å². The number of benzene rings is 1. The van der Waals surface area contributed by atoms with Gasteiger partial charge in [-0.1, -0.05) is 17.3 Å². The van der Waals surface area contributed by atoms with Crippen LogP contribution in [0.25, 0.3) is 11.1 Å². The number of carbonyl (C=O) groups is 1. The van der Waals surface area contributed by atoms with Crippen LogP contribution in [0.3, 0.4) is 0 Å². The lowest BCUT2D eigenvalue weighted by Gasteiger charge is -2.06. The van der Waals surface area contributed by atoms with Crippen LogP contribution in [0.4, 0.5) is 14.6 Å². The maximum absolute atomic E-state index is 13.7. The van der Waals surface area contributed by atoms with Gasteiger partial charge < -0.3 is 9.84 Å². The summed E-state index contributed by atoms with van der Waals surface area (Å²) in [5, 5.41) is 5.92. The maximum Gasteiger partial charge on any atom is 0.295 e. The molecule has 3 rings (SSSR count). The van der Waals surface area contributed by atoms with Crippen molar-refractivity contribution in [2.75, 3.05) is 5.32 Å². The molecule has 110 valence electrons. The minimum Gasteiger partial charge on any atom is -0.351 e. The zero-order valence-corrected chi connectivity index (χ0v) is 11.1. The summed E-state index contributed by atoms with van der Waals surface area (Å²) in [5.74, 6) is -2.08. The van der Waals surface area contributed by atoms with Crippen LogP contribution in [0, 0.1) is 11.6 Å². The summed E-state index contributed by atoms with van der Waals surface area (Å²) in [6.07, 6.45) is 2.69. The second kappa shape index (κ2) is 5.72. The first-order valence-corrected chi connectivity index (χ1v) is 6.27. The summed E-state index contributed by atoms with van der Waals surface area (Å²) in [7, 11) is 0. The molecule has 3 aromatic rings. The van der Waals surface area contributed by atoms with E-state index in [1.54, 1.807) is 0 Å². The predicted molar refractivity (Wildman–Crippen MR) is 74.0 cm³/mol. The Morgan fingerprint density at radius 1 is 1.14 bits per heavy atom. The van der Waals surface area contributed by atoms with E-state index in [2.05, 4.69) is 15.5 Å². The monoisotopic (exact) mass is 301 g/mol. The van der Waals surface area contributed by atoms with E-state index in [0.29, 0.717) is 5.56 Å². The molecule has 0 bridgehead atoms. The van der Waals surface area contributed by atoms with Crippen LogP contribution < -0.4 is 5.32 Å². The molecule has 1 N–H and O–H groups in total. The van der Waals surface area contributed by atoms with Gasteiger partial charge in [-0.05, 0) is 18.2 Å². The summed E-state index contributed by atoms with van der Waals surface area (Å²) in [6.45, 7) is 0. The first-order valence-electron chi connectivity index (χ1n) is 6.27. The first-order chi connectivity index (χ1) is 10.6. The molecule has 7 heteroatoms. The quantitative estimate of drug-likeness (QED) is 0.806. The Hall–Kier alpha value is -3.09. The molecule has 1 aromatic carbocycles. The number of hydrogen-bond acceptors (Lipinski definition) is 4. The van der Waals surface area contributed by atoms with Crippen molar-refractivity contribution in [3.63, 3.8) is 0 Å². The fourth-order valence-electron chi connectivity index (χ4n) is 1.86. The van der Waals surface area contributed by atoms with Crippen LogP contribution in [0.15, 0.2) is 53.3 Å². The smallest absolute Gasteiger partial charge is 0.295 e. The van der Waals surface area contributed by atoms with Crippen molar-refractivity contribution in [3.05, 3.63) is 66.2 Å². The van der Waals surface area contributed by atoms with Crippen LogP contribution in [-0.4, -0.2) is 16.0 Å². The molecule has 2 heterocycles. The molecular formula is C15H9F2N3O2. The van der Waals surface area contributed by atoms with Crippen LogP contribution in [-0.2, 0) is 0 Å². The number of aromatic nitrogens is 2. The highest BCUT2D eigenvalue weighted by Gasteiger charge is 2.12. The molecule has 0 aliphatic heterocycles. The van der Waals surface area contributed by atoms with Crippen molar-refractivity contribution in [3.8, 4) is 11.1 Å². The van der Waals surface area contributed by atoms with Gasteiger partial charge in [0.05, 0.1) is 6.20 Å². The van der Waals surface area contributed by atoms with Gasteiger partial charge in [0, 0.05) is 23.4 Å². The molecule has 5 nitrogen and oxygen atoms in total. The summed E-state index contributed by atoms with van der Waals surface area (Å²) in [6, 6.07) is 8.31. The lowest BCUT2D eigenvalue weighted by Crippen LogP contribution is -2.11. The molecule has 0 radical (unpaired) electrons. The molecule has 0 saturated carbocycles. The van der Waals surface area contributed by atoms with Gasteiger partial charge in [-0.3, -0.25) is 4.79 Å². The second-order valence-corrected chi connectivity index (χ2v) is 4.36. The first kappa shape index (κ1) is 13.9. The molecule has 22 heavy (non-hydrogen) atoms. The maximum atomic E-state index is 13.7. The number of hydrogen-bond donors (Lipinski definition) is 1. The Bertz CT molecular complexity index is 802. The van der Waals surface area contributed by atoms with Gasteiger partial charge in [0.2, 0.25) is 5.76 Å². The van der Waals surface area contributed by atoms with Crippen LogP contribution in [0.1, 0.15) is 10.6 Å². The Labute approximate surface area is 123 Å². The fourth-order valence-corrected chi connectivity index (χ4v) is 1.86. The van der Waals surface area contributed by atoms with Gasteiger partial charge in [-0.2, -0.15) is 0 Å². The molecule has 0 fully saturated rings. The number of pyridine rings is 1. The Morgan fingerprint density at radius 3 is 2.68 bits per heavy atom. The number of rotatable bonds is 3. The standard InChI is InChI=1S/C15H9F2N3O2/c16-11-3-1-2-10(14(11)17)9-4-5-13(18-8-9)20-15(21)12-6-7-19-22-12/h1-8H,(H,18,20,21). The van der Waals surface area contributed by atoms with Crippen LogP contribution in [0.2, 0.25) is 0 Å². The molecule has 0 aliphatic rings. The zero-order valence-electron chi connectivity index (χ0n) is 11.1. The Morgan fingerprint density at radius 2 is 2.00 bits per heavy atom. The topological polar surface area (TPSA) is 68.0 Å². The Kier molecular flexibility index (Phi) is 3.61. The summed E-state index contributed by atoms with van der Waals surface area (Å²) < 4.78 is 31.6. The van der Waals surface area contributed by atoms with E-state index in [1.165, 1.54) is 42.7 Å². The van der Waals surface area contributed by atoms with Gasteiger partial charge >= 0.3 is 0 Å². The second-order valence-electron chi connectivity index (χ2n) is 4.36. The molecule has 0 unspecified atom stereocenters. The van der Waals surface area contributed by atoms with Gasteiger partial charge in [0.25, 0.3) is 5.91 Å². The third-order valence-electron chi connectivity index (χ3n) is 2.93. The number of halogens is 2. The summed E-state index contributed by atoms with van der Waals surface area (Å²) >= 11 is 0. The van der Waals surface area contributed by atoms with E-state index in [0.717, 1.165) is 6.07 Å². The van der Waals surface area contributed by atoms with Crippen molar-refractivity contribution < 1.29 is 18.1 Å². The van der Waals surface area contributed by atoms with Crippen molar-refractivity contribution >= 4 is 11.7 Å². The number of nitrogens with one attached hydrogen (secondary N) is 1. The number of amides is 1. The molecular weight excluding hydrogens is 292 g/mol. The van der Waals surface area contributed by atoms with Crippen molar-refractivity contribution in [2.24, 2.45) is 0 Å². The molecule has 0 saturated heterocycles. The number of carbonyl (C=O) groups excluding carboxylic acids is 1. The minimum absolute atomic E-state index is 0.0436. The third-order valence-corrected chi connectivity index (χ3v) is 2.93. The van der Waals surface area contributed by atoms with E-state index in [1.807, 2.05) is 0 Å².